The molecule has 284 valence electrons. The van der Waals surface area contributed by atoms with Crippen molar-refractivity contribution in [1.82, 2.24) is 24.8 Å². The quantitative estimate of drug-likeness (QED) is 0.117. The summed E-state index contributed by atoms with van der Waals surface area (Å²) in [7, 11) is -1.25. The van der Waals surface area contributed by atoms with E-state index in [4.69, 9.17) is 19.2 Å². The fourth-order valence-electron chi connectivity index (χ4n) is 6.77. The van der Waals surface area contributed by atoms with Crippen molar-refractivity contribution in [1.29, 1.82) is 0 Å². The standard InChI is InChI=1S/C40H55N7O5Si/c1-40(2,3)52-39(49)44-33-11-8-16-45(26-33)25-29-9-7-10-31(23-29)38(48)43-32-14-12-30(13-15-32)35-24-34-36(46-17-19-50-20-18-46)41-27-42-37(34)47(35)28-51-21-22-53(4,5)6/h7,9-10,12-15,23-24,27,33H,8,11,16-22,25-26,28H2,1-6H3,(H,43,48)(H,44,49)/t33-/m1/s1. The van der Waals surface area contributed by atoms with Gasteiger partial charge in [-0.15, -0.1) is 0 Å². The summed E-state index contributed by atoms with van der Waals surface area (Å²) in [6.45, 7) is 19.0. The summed E-state index contributed by atoms with van der Waals surface area (Å²) in [5, 5.41) is 7.08. The van der Waals surface area contributed by atoms with Gasteiger partial charge in [-0.1, -0.05) is 43.9 Å². The number of aromatic nitrogens is 3. The van der Waals surface area contributed by atoms with Crippen LogP contribution in [0.1, 0.15) is 49.5 Å². The number of nitrogens with one attached hydrogen (secondary N) is 2. The van der Waals surface area contributed by atoms with Gasteiger partial charge in [-0.2, -0.15) is 0 Å². The SMILES string of the molecule is CC(C)(C)OC(=O)N[C@@H]1CCCN(Cc2cccc(C(=O)Nc3ccc(-c4cc5c(N6CCOCC6)ncnc5n4COCC[Si](C)(C)C)cc3)c2)C1. The molecule has 2 aliphatic rings. The van der Waals surface area contributed by atoms with E-state index in [2.05, 4.69) is 55.7 Å². The lowest BCUT2D eigenvalue weighted by Crippen LogP contribution is -2.48. The van der Waals surface area contributed by atoms with Crippen molar-refractivity contribution in [3.8, 4) is 11.3 Å². The highest BCUT2D eigenvalue weighted by atomic mass is 28.3. The number of hydrogen-bond donors (Lipinski definition) is 2. The molecule has 13 heteroatoms. The zero-order chi connectivity index (χ0) is 37.6. The Morgan fingerprint density at radius 1 is 1.00 bits per heavy atom. The third-order valence-electron chi connectivity index (χ3n) is 9.46. The molecule has 12 nitrogen and oxygen atoms in total. The summed E-state index contributed by atoms with van der Waals surface area (Å²) >= 11 is 0. The fraction of sp³-hybridized carbons (Fsp3) is 0.500. The van der Waals surface area contributed by atoms with E-state index in [-0.39, 0.29) is 18.0 Å². The molecule has 0 bridgehead atoms. The Morgan fingerprint density at radius 2 is 1.77 bits per heavy atom. The Bertz CT molecular complexity index is 1860. The molecule has 4 aromatic rings. The molecular weight excluding hydrogens is 687 g/mol. The minimum Gasteiger partial charge on any atom is -0.444 e. The number of carbonyl (C=O) groups is 2. The number of anilines is 2. The van der Waals surface area contributed by atoms with Crippen LogP contribution in [0.2, 0.25) is 25.7 Å². The van der Waals surface area contributed by atoms with Crippen LogP contribution in [0.15, 0.2) is 60.9 Å². The second-order valence-electron chi connectivity index (χ2n) is 16.3. The molecule has 0 aliphatic carbocycles. The summed E-state index contributed by atoms with van der Waals surface area (Å²) in [4.78, 5) is 39.8. The van der Waals surface area contributed by atoms with Crippen LogP contribution >= 0.6 is 0 Å². The summed E-state index contributed by atoms with van der Waals surface area (Å²) in [5.41, 5.74) is 4.62. The van der Waals surface area contributed by atoms with E-state index in [9.17, 15) is 9.59 Å². The molecule has 4 heterocycles. The largest absolute Gasteiger partial charge is 0.444 e. The summed E-state index contributed by atoms with van der Waals surface area (Å²) in [6, 6.07) is 18.9. The number of rotatable bonds is 12. The molecule has 2 N–H and O–H groups in total. The van der Waals surface area contributed by atoms with Crippen molar-refractivity contribution in [2.24, 2.45) is 0 Å². The third-order valence-corrected chi connectivity index (χ3v) is 11.2. The Balaban J connectivity index is 1.13. The number of alkyl carbamates (subject to hydrolysis) is 1. The third kappa shape index (κ3) is 10.7. The van der Waals surface area contributed by atoms with Crippen molar-refractivity contribution in [3.05, 3.63) is 72.1 Å². The number of benzene rings is 2. The normalized spacial score (nSPS) is 17.2. The predicted molar refractivity (Wildman–Crippen MR) is 212 cm³/mol. The van der Waals surface area contributed by atoms with Crippen molar-refractivity contribution < 1.29 is 23.8 Å². The number of morpholine rings is 1. The number of carbonyl (C=O) groups excluding carboxylic acids is 2. The molecule has 1 atom stereocenters. The van der Waals surface area contributed by atoms with Crippen LogP contribution in [0.25, 0.3) is 22.3 Å². The average molecular weight is 742 g/mol. The van der Waals surface area contributed by atoms with Crippen LogP contribution in [0.4, 0.5) is 16.3 Å². The van der Waals surface area contributed by atoms with Crippen molar-refractivity contribution in [2.75, 3.05) is 56.2 Å². The molecule has 2 fully saturated rings. The Labute approximate surface area is 314 Å². The smallest absolute Gasteiger partial charge is 0.407 e. The molecular formula is C40H55N7O5Si. The molecule has 0 spiro atoms. The first-order chi connectivity index (χ1) is 25.3. The van der Waals surface area contributed by atoms with Gasteiger partial charge in [0, 0.05) is 58.2 Å². The van der Waals surface area contributed by atoms with E-state index >= 15 is 0 Å². The number of nitrogens with zero attached hydrogens (tertiary/aromatic N) is 5. The molecule has 2 aromatic carbocycles. The summed E-state index contributed by atoms with van der Waals surface area (Å²) in [5.74, 6) is 0.738. The average Bonchev–Trinajstić information content (AvgIpc) is 3.48. The maximum atomic E-state index is 13.4. The molecule has 53 heavy (non-hydrogen) atoms. The number of amides is 2. The van der Waals surface area contributed by atoms with Crippen LogP contribution < -0.4 is 15.5 Å². The molecule has 2 aromatic heterocycles. The van der Waals surface area contributed by atoms with E-state index in [1.54, 1.807) is 6.33 Å². The highest BCUT2D eigenvalue weighted by Crippen LogP contribution is 2.33. The van der Waals surface area contributed by atoms with E-state index < -0.39 is 13.7 Å². The second kappa shape index (κ2) is 16.8. The first-order valence-electron chi connectivity index (χ1n) is 18.8. The second-order valence-corrected chi connectivity index (χ2v) is 21.9. The van der Waals surface area contributed by atoms with E-state index in [1.165, 1.54) is 0 Å². The van der Waals surface area contributed by atoms with Crippen LogP contribution in [0.3, 0.4) is 0 Å². The van der Waals surface area contributed by atoms with Gasteiger partial charge in [-0.05, 0) is 87.7 Å². The molecule has 6 rings (SSSR count). The van der Waals surface area contributed by atoms with E-state index in [0.29, 0.717) is 44.3 Å². The van der Waals surface area contributed by atoms with Gasteiger partial charge in [0.05, 0.1) is 24.3 Å². The fourth-order valence-corrected chi connectivity index (χ4v) is 7.53. The first-order valence-corrected chi connectivity index (χ1v) is 22.5. The van der Waals surface area contributed by atoms with Crippen molar-refractivity contribution >= 4 is 42.6 Å². The van der Waals surface area contributed by atoms with Crippen LogP contribution in [0, 0.1) is 0 Å². The minimum atomic E-state index is -1.25. The maximum absolute atomic E-state index is 13.4. The van der Waals surface area contributed by atoms with Gasteiger partial charge in [-0.3, -0.25) is 9.69 Å². The highest BCUT2D eigenvalue weighted by Gasteiger charge is 2.25. The molecule has 0 unspecified atom stereocenters. The van der Waals surface area contributed by atoms with Gasteiger partial charge in [0.25, 0.3) is 5.91 Å². The Morgan fingerprint density at radius 3 is 2.51 bits per heavy atom. The lowest BCUT2D eigenvalue weighted by molar-refractivity contribution is 0.0470. The molecule has 2 saturated heterocycles. The zero-order valence-electron chi connectivity index (χ0n) is 32.1. The maximum Gasteiger partial charge on any atom is 0.407 e. The van der Waals surface area contributed by atoms with E-state index in [0.717, 1.165) is 78.7 Å². The van der Waals surface area contributed by atoms with Crippen LogP contribution in [-0.2, 0) is 27.5 Å². The number of fused-ring (bicyclic) bond motifs is 1. The van der Waals surface area contributed by atoms with Gasteiger partial charge < -0.3 is 34.3 Å². The van der Waals surface area contributed by atoms with Crippen molar-refractivity contribution in [2.45, 2.75) is 84.2 Å². The van der Waals surface area contributed by atoms with Gasteiger partial charge in [-0.25, -0.2) is 14.8 Å². The minimum absolute atomic E-state index is 0.0246. The highest BCUT2D eigenvalue weighted by molar-refractivity contribution is 6.76. The molecule has 2 aliphatic heterocycles. The van der Waals surface area contributed by atoms with Gasteiger partial charge in [0.2, 0.25) is 0 Å². The number of piperidine rings is 1. The van der Waals surface area contributed by atoms with E-state index in [1.807, 2.05) is 69.3 Å². The van der Waals surface area contributed by atoms with Gasteiger partial charge in [0.15, 0.2) is 0 Å². The van der Waals surface area contributed by atoms with Gasteiger partial charge >= 0.3 is 6.09 Å². The van der Waals surface area contributed by atoms with Crippen LogP contribution in [-0.4, -0.2) is 97.2 Å². The monoisotopic (exact) mass is 741 g/mol. The summed E-state index contributed by atoms with van der Waals surface area (Å²) < 4.78 is 19.4. The predicted octanol–water partition coefficient (Wildman–Crippen LogP) is 6.99. The topological polar surface area (TPSA) is 123 Å². The van der Waals surface area contributed by atoms with Crippen LogP contribution in [0.5, 0.6) is 0 Å². The number of hydrogen-bond acceptors (Lipinski definition) is 9. The molecule has 2 amide bonds. The molecule has 0 radical (unpaired) electrons. The number of ether oxygens (including phenoxy) is 3. The Hall–Kier alpha value is -4.30. The Kier molecular flexibility index (Phi) is 12.2. The lowest BCUT2D eigenvalue weighted by Gasteiger charge is -2.33. The summed E-state index contributed by atoms with van der Waals surface area (Å²) in [6.07, 6.45) is 3.14. The lowest BCUT2D eigenvalue weighted by atomic mass is 10.0. The molecule has 0 saturated carbocycles. The zero-order valence-corrected chi connectivity index (χ0v) is 33.1. The van der Waals surface area contributed by atoms with Gasteiger partial charge in [0.1, 0.15) is 30.1 Å². The number of likely N-dealkylation sites (tertiary alicyclic amines) is 1. The first kappa shape index (κ1) is 38.4. The van der Waals surface area contributed by atoms with Crippen molar-refractivity contribution in [3.63, 3.8) is 0 Å².